The van der Waals surface area contributed by atoms with E-state index in [2.05, 4.69) is 14.9 Å². The van der Waals surface area contributed by atoms with Crippen LogP contribution in [-0.2, 0) is 10.0 Å². The van der Waals surface area contributed by atoms with Crippen LogP contribution in [0.3, 0.4) is 0 Å². The average Bonchev–Trinajstić information content (AvgIpc) is 3.19. The van der Waals surface area contributed by atoms with Crippen molar-refractivity contribution in [3.8, 4) is 11.7 Å². The number of anilines is 1. The Labute approximate surface area is 143 Å². The zero-order chi connectivity index (χ0) is 18.2. The van der Waals surface area contributed by atoms with E-state index in [-0.39, 0.29) is 28.3 Å². The summed E-state index contributed by atoms with van der Waals surface area (Å²) in [6, 6.07) is 6.52. The molecule has 3 rings (SSSR count). The molecule has 0 bridgehead atoms. The van der Waals surface area contributed by atoms with Crippen molar-refractivity contribution in [3.63, 3.8) is 0 Å². The van der Waals surface area contributed by atoms with Crippen LogP contribution in [0.4, 0.5) is 10.1 Å². The van der Waals surface area contributed by atoms with Gasteiger partial charge in [0.25, 0.3) is 15.9 Å². The van der Waals surface area contributed by atoms with Gasteiger partial charge in [0.05, 0.1) is 5.69 Å². The van der Waals surface area contributed by atoms with Crippen LogP contribution >= 0.6 is 0 Å². The fourth-order valence-electron chi connectivity index (χ4n) is 2.05. The summed E-state index contributed by atoms with van der Waals surface area (Å²) in [6.45, 7) is 5.44. The van der Waals surface area contributed by atoms with E-state index in [1.165, 1.54) is 24.3 Å². The maximum Gasteiger partial charge on any atom is 0.295 e. The topological polar surface area (TPSA) is 98.2 Å². The number of halogens is 1. The van der Waals surface area contributed by atoms with Gasteiger partial charge in [-0.3, -0.25) is 4.72 Å². The van der Waals surface area contributed by atoms with E-state index in [0.29, 0.717) is 11.5 Å². The van der Waals surface area contributed by atoms with Crippen molar-refractivity contribution in [1.82, 2.24) is 10.2 Å². The molecule has 0 aliphatic heterocycles. The number of aryl methyl sites for hydroxylation is 1. The zero-order valence-electron chi connectivity index (χ0n) is 13.8. The summed E-state index contributed by atoms with van der Waals surface area (Å²) < 4.78 is 51.3. The number of sulfonamides is 1. The van der Waals surface area contributed by atoms with Crippen LogP contribution < -0.4 is 4.72 Å². The van der Waals surface area contributed by atoms with Crippen molar-refractivity contribution < 1.29 is 21.6 Å². The van der Waals surface area contributed by atoms with Gasteiger partial charge in [0, 0.05) is 5.92 Å². The summed E-state index contributed by atoms with van der Waals surface area (Å²) in [4.78, 5) is 0. The van der Waals surface area contributed by atoms with Gasteiger partial charge < -0.3 is 8.83 Å². The Balaban J connectivity index is 1.88. The molecule has 7 nitrogen and oxygen atoms in total. The lowest BCUT2D eigenvalue weighted by atomic mass is 10.2. The zero-order valence-corrected chi connectivity index (χ0v) is 14.6. The van der Waals surface area contributed by atoms with E-state index >= 15 is 0 Å². The van der Waals surface area contributed by atoms with Crippen molar-refractivity contribution >= 4 is 15.7 Å². The summed E-state index contributed by atoms with van der Waals surface area (Å²) in [5, 5.41) is 7.37. The lowest BCUT2D eigenvalue weighted by Gasteiger charge is -2.08. The highest BCUT2D eigenvalue weighted by molar-refractivity contribution is 7.92. The fourth-order valence-corrected chi connectivity index (χ4v) is 3.10. The van der Waals surface area contributed by atoms with Crippen LogP contribution in [0.5, 0.6) is 0 Å². The molecule has 0 radical (unpaired) electrons. The number of nitrogens with one attached hydrogen (secondary N) is 1. The summed E-state index contributed by atoms with van der Waals surface area (Å²) in [5.41, 5.74) is 0.716. The number of hydrogen-bond donors (Lipinski definition) is 1. The molecule has 0 atom stereocenters. The van der Waals surface area contributed by atoms with E-state index in [9.17, 15) is 12.8 Å². The predicted molar refractivity (Wildman–Crippen MR) is 88.0 cm³/mol. The van der Waals surface area contributed by atoms with Crippen molar-refractivity contribution in [2.75, 3.05) is 4.72 Å². The summed E-state index contributed by atoms with van der Waals surface area (Å²) >= 11 is 0. The summed E-state index contributed by atoms with van der Waals surface area (Å²) in [6.07, 6.45) is 0. The van der Waals surface area contributed by atoms with Crippen LogP contribution in [0.2, 0.25) is 0 Å². The van der Waals surface area contributed by atoms with Crippen LogP contribution in [0.25, 0.3) is 11.7 Å². The molecule has 1 N–H and O–H groups in total. The molecule has 25 heavy (non-hydrogen) atoms. The lowest BCUT2D eigenvalue weighted by Crippen LogP contribution is -2.13. The van der Waals surface area contributed by atoms with E-state index in [0.717, 1.165) is 6.07 Å². The maximum atomic E-state index is 13.3. The minimum Gasteiger partial charge on any atom is -0.438 e. The Hall–Kier alpha value is -2.68. The predicted octanol–water partition coefficient (Wildman–Crippen LogP) is 3.70. The minimum absolute atomic E-state index is 0.0389. The standard InChI is InChI=1S/C16H16FN3O4S/c1-9(2)15-18-19-16(24-15)13-6-7-14(23-13)25(21,22)20-12-8-11(17)5-4-10(12)3/h4-9,20H,1-3H3. The number of hydrogen-bond acceptors (Lipinski definition) is 6. The quantitative estimate of drug-likeness (QED) is 0.740. The van der Waals surface area contributed by atoms with Gasteiger partial charge in [-0.2, -0.15) is 8.42 Å². The molecule has 0 saturated heterocycles. The van der Waals surface area contributed by atoms with E-state index in [1.807, 2.05) is 13.8 Å². The second-order valence-corrected chi connectivity index (χ2v) is 7.40. The molecule has 0 saturated carbocycles. The molecule has 2 aromatic heterocycles. The normalized spacial score (nSPS) is 11.9. The first-order valence-electron chi connectivity index (χ1n) is 7.49. The first-order valence-corrected chi connectivity index (χ1v) is 8.97. The molecule has 9 heteroatoms. The van der Waals surface area contributed by atoms with Crippen LogP contribution in [0, 0.1) is 12.7 Å². The molecular weight excluding hydrogens is 349 g/mol. The minimum atomic E-state index is -4.02. The largest absolute Gasteiger partial charge is 0.438 e. The molecule has 0 fully saturated rings. The van der Waals surface area contributed by atoms with Crippen molar-refractivity contribution in [1.29, 1.82) is 0 Å². The number of rotatable bonds is 5. The molecule has 0 unspecified atom stereocenters. The third-order valence-electron chi connectivity index (χ3n) is 3.44. The maximum absolute atomic E-state index is 13.3. The van der Waals surface area contributed by atoms with Crippen LogP contribution in [-0.4, -0.2) is 18.6 Å². The first kappa shape index (κ1) is 17.2. The van der Waals surface area contributed by atoms with Gasteiger partial charge in [-0.1, -0.05) is 19.9 Å². The Morgan fingerprint density at radius 3 is 2.56 bits per heavy atom. The van der Waals surface area contributed by atoms with Crippen LogP contribution in [0.15, 0.2) is 44.3 Å². The van der Waals surface area contributed by atoms with Gasteiger partial charge in [-0.25, -0.2) is 4.39 Å². The number of nitrogens with zero attached hydrogens (tertiary/aromatic N) is 2. The number of aromatic nitrogens is 2. The van der Waals surface area contributed by atoms with Gasteiger partial charge in [0.1, 0.15) is 5.82 Å². The summed E-state index contributed by atoms with van der Waals surface area (Å²) in [5.74, 6) is 0.139. The highest BCUT2D eigenvalue weighted by Crippen LogP contribution is 2.27. The fraction of sp³-hybridized carbons (Fsp3) is 0.250. The first-order chi connectivity index (χ1) is 11.8. The highest BCUT2D eigenvalue weighted by Gasteiger charge is 2.22. The molecule has 3 aromatic rings. The molecule has 0 aliphatic rings. The van der Waals surface area contributed by atoms with Crippen LogP contribution in [0.1, 0.15) is 31.2 Å². The smallest absolute Gasteiger partial charge is 0.295 e. The Morgan fingerprint density at radius 2 is 1.88 bits per heavy atom. The number of furan rings is 1. The van der Waals surface area contributed by atoms with Crippen molar-refractivity contribution in [3.05, 3.63) is 47.6 Å². The number of benzene rings is 1. The molecule has 1 aromatic carbocycles. The van der Waals surface area contributed by atoms with Gasteiger partial charge >= 0.3 is 0 Å². The van der Waals surface area contributed by atoms with E-state index < -0.39 is 15.8 Å². The van der Waals surface area contributed by atoms with Gasteiger partial charge in [0.2, 0.25) is 11.0 Å². The molecule has 0 amide bonds. The van der Waals surface area contributed by atoms with Gasteiger partial charge in [-0.05, 0) is 36.8 Å². The third-order valence-corrected chi connectivity index (χ3v) is 4.67. The Morgan fingerprint density at radius 1 is 1.12 bits per heavy atom. The monoisotopic (exact) mass is 365 g/mol. The molecule has 0 spiro atoms. The Bertz CT molecular complexity index is 1010. The molecule has 2 heterocycles. The third kappa shape index (κ3) is 3.55. The second kappa shape index (κ2) is 6.32. The lowest BCUT2D eigenvalue weighted by molar-refractivity contribution is 0.429. The molecule has 0 aliphatic carbocycles. The average molecular weight is 365 g/mol. The SMILES string of the molecule is Cc1ccc(F)cc1NS(=O)(=O)c1ccc(-c2nnc(C(C)C)o2)o1. The molecule has 132 valence electrons. The Kier molecular flexibility index (Phi) is 4.34. The van der Waals surface area contributed by atoms with Crippen molar-refractivity contribution in [2.45, 2.75) is 31.8 Å². The highest BCUT2D eigenvalue weighted by atomic mass is 32.2. The summed E-state index contributed by atoms with van der Waals surface area (Å²) in [7, 11) is -4.02. The van der Waals surface area contributed by atoms with Gasteiger partial charge in [0.15, 0.2) is 5.76 Å². The van der Waals surface area contributed by atoms with E-state index in [1.54, 1.807) is 6.92 Å². The van der Waals surface area contributed by atoms with E-state index in [4.69, 9.17) is 8.83 Å². The van der Waals surface area contributed by atoms with Gasteiger partial charge in [-0.15, -0.1) is 10.2 Å². The second-order valence-electron chi connectivity index (χ2n) is 5.78. The molecular formula is C16H16FN3O4S. The van der Waals surface area contributed by atoms with Crippen molar-refractivity contribution in [2.24, 2.45) is 0 Å².